The molecule has 0 aliphatic heterocycles. The van der Waals surface area contributed by atoms with Crippen LogP contribution in [-0.4, -0.2) is 15.6 Å². The van der Waals surface area contributed by atoms with Gasteiger partial charge in [-0.25, -0.2) is 0 Å². The molecule has 1 heterocycles. The van der Waals surface area contributed by atoms with Crippen molar-refractivity contribution in [1.29, 1.82) is 0 Å². The van der Waals surface area contributed by atoms with Crippen molar-refractivity contribution >= 4 is 5.78 Å². The highest BCUT2D eigenvalue weighted by molar-refractivity contribution is 5.83. The minimum Gasteiger partial charge on any atom is -0.299 e. The van der Waals surface area contributed by atoms with E-state index in [2.05, 4.69) is 5.10 Å². The van der Waals surface area contributed by atoms with E-state index < -0.39 is 0 Å². The van der Waals surface area contributed by atoms with Crippen LogP contribution in [0, 0.1) is 11.8 Å². The van der Waals surface area contributed by atoms with E-state index in [0.717, 1.165) is 19.3 Å². The number of aromatic nitrogens is 2. The molecule has 15 heavy (non-hydrogen) atoms. The Labute approximate surface area is 90.5 Å². The Morgan fingerprint density at radius 2 is 2.33 bits per heavy atom. The van der Waals surface area contributed by atoms with Crippen LogP contribution in [0.4, 0.5) is 0 Å². The summed E-state index contributed by atoms with van der Waals surface area (Å²) in [5.74, 6) is 0.777. The number of carbonyl (C=O) groups is 1. The fraction of sp³-hybridized carbons (Fsp3) is 0.667. The van der Waals surface area contributed by atoms with E-state index >= 15 is 0 Å². The Hall–Kier alpha value is -1.12. The molecule has 0 N–H and O–H groups in total. The van der Waals surface area contributed by atoms with Gasteiger partial charge in [0.1, 0.15) is 5.78 Å². The molecule has 0 saturated heterocycles. The highest BCUT2D eigenvalue weighted by atomic mass is 16.1. The maximum Gasteiger partial charge on any atom is 0.138 e. The molecule has 0 spiro atoms. The van der Waals surface area contributed by atoms with Gasteiger partial charge in [-0.2, -0.15) is 5.10 Å². The summed E-state index contributed by atoms with van der Waals surface area (Å²) >= 11 is 0. The second-order valence-electron chi connectivity index (χ2n) is 4.74. The van der Waals surface area contributed by atoms with Crippen molar-refractivity contribution in [2.45, 2.75) is 33.1 Å². The summed E-state index contributed by atoms with van der Waals surface area (Å²) < 4.78 is 1.91. The standard InChI is InChI=1S/C12H18N2O/c1-8(2)12(15)9-4-5-10-7-13-14(3)11(10)6-9/h7-9H,4-6H2,1-3H3. The average molecular weight is 206 g/mol. The van der Waals surface area contributed by atoms with E-state index in [-0.39, 0.29) is 11.8 Å². The van der Waals surface area contributed by atoms with Gasteiger partial charge in [-0.3, -0.25) is 9.48 Å². The number of carbonyl (C=O) groups excluding carboxylic acids is 1. The molecule has 0 fully saturated rings. The first-order valence-corrected chi connectivity index (χ1v) is 5.63. The fourth-order valence-electron chi connectivity index (χ4n) is 2.36. The first kappa shape index (κ1) is 10.4. The molecule has 0 aromatic carbocycles. The van der Waals surface area contributed by atoms with Gasteiger partial charge in [0.25, 0.3) is 0 Å². The largest absolute Gasteiger partial charge is 0.299 e. The van der Waals surface area contributed by atoms with E-state index in [9.17, 15) is 4.79 Å². The molecule has 0 bridgehead atoms. The number of hydrogen-bond acceptors (Lipinski definition) is 2. The Kier molecular flexibility index (Phi) is 2.63. The SMILES string of the molecule is CC(C)C(=O)C1CCc2cnn(C)c2C1. The predicted octanol–water partition coefficient (Wildman–Crippen LogP) is 1.75. The quantitative estimate of drug-likeness (QED) is 0.739. The number of ketones is 1. The maximum absolute atomic E-state index is 11.9. The molecule has 1 aromatic rings. The van der Waals surface area contributed by atoms with Crippen molar-refractivity contribution in [3.8, 4) is 0 Å². The second kappa shape index (κ2) is 3.80. The molecule has 2 rings (SSSR count). The van der Waals surface area contributed by atoms with E-state index in [0.29, 0.717) is 5.78 Å². The Morgan fingerprint density at radius 1 is 1.60 bits per heavy atom. The summed E-state index contributed by atoms with van der Waals surface area (Å²) in [6.07, 6.45) is 4.82. The lowest BCUT2D eigenvalue weighted by Crippen LogP contribution is -2.26. The minimum atomic E-state index is 0.157. The minimum absolute atomic E-state index is 0.157. The molecule has 1 atom stereocenters. The van der Waals surface area contributed by atoms with Gasteiger partial charge in [0, 0.05) is 24.6 Å². The van der Waals surface area contributed by atoms with Crippen LogP contribution in [0.15, 0.2) is 6.20 Å². The fourth-order valence-corrected chi connectivity index (χ4v) is 2.36. The van der Waals surface area contributed by atoms with Crippen molar-refractivity contribution in [2.24, 2.45) is 18.9 Å². The van der Waals surface area contributed by atoms with Gasteiger partial charge in [-0.05, 0) is 24.8 Å². The van der Waals surface area contributed by atoms with E-state index in [4.69, 9.17) is 0 Å². The normalized spacial score (nSPS) is 20.4. The third-order valence-electron chi connectivity index (χ3n) is 3.32. The van der Waals surface area contributed by atoms with Crippen molar-refractivity contribution in [3.05, 3.63) is 17.5 Å². The van der Waals surface area contributed by atoms with Crippen LogP contribution in [0.5, 0.6) is 0 Å². The van der Waals surface area contributed by atoms with Crippen molar-refractivity contribution in [2.75, 3.05) is 0 Å². The topological polar surface area (TPSA) is 34.9 Å². The number of Topliss-reactive ketones (excluding diaryl/α,β-unsaturated/α-hetero) is 1. The lowest BCUT2D eigenvalue weighted by Gasteiger charge is -2.22. The molecule has 3 heteroatoms. The third kappa shape index (κ3) is 1.83. The monoisotopic (exact) mass is 206 g/mol. The summed E-state index contributed by atoms with van der Waals surface area (Å²) in [5, 5.41) is 4.24. The molecule has 0 radical (unpaired) electrons. The molecular weight excluding hydrogens is 188 g/mol. The number of fused-ring (bicyclic) bond motifs is 1. The maximum atomic E-state index is 11.9. The highest BCUT2D eigenvalue weighted by Crippen LogP contribution is 2.27. The van der Waals surface area contributed by atoms with Crippen LogP contribution in [0.2, 0.25) is 0 Å². The zero-order chi connectivity index (χ0) is 11.0. The van der Waals surface area contributed by atoms with Gasteiger partial charge in [0.2, 0.25) is 0 Å². The Morgan fingerprint density at radius 3 is 3.00 bits per heavy atom. The number of rotatable bonds is 2. The lowest BCUT2D eigenvalue weighted by atomic mass is 9.82. The van der Waals surface area contributed by atoms with Gasteiger partial charge in [0.15, 0.2) is 0 Å². The smallest absolute Gasteiger partial charge is 0.138 e. The summed E-state index contributed by atoms with van der Waals surface area (Å²) in [6, 6.07) is 0. The van der Waals surface area contributed by atoms with Gasteiger partial charge in [-0.15, -0.1) is 0 Å². The van der Waals surface area contributed by atoms with Crippen molar-refractivity contribution < 1.29 is 4.79 Å². The summed E-state index contributed by atoms with van der Waals surface area (Å²) in [4.78, 5) is 11.9. The van der Waals surface area contributed by atoms with E-state index in [1.54, 1.807) is 0 Å². The predicted molar refractivity (Wildman–Crippen MR) is 58.6 cm³/mol. The van der Waals surface area contributed by atoms with E-state index in [1.807, 2.05) is 31.8 Å². The van der Waals surface area contributed by atoms with Gasteiger partial charge in [-0.1, -0.05) is 13.8 Å². The Bertz CT molecular complexity index is 379. The van der Waals surface area contributed by atoms with Crippen molar-refractivity contribution in [3.63, 3.8) is 0 Å². The van der Waals surface area contributed by atoms with E-state index in [1.165, 1.54) is 11.3 Å². The number of nitrogens with zero attached hydrogens (tertiary/aromatic N) is 2. The van der Waals surface area contributed by atoms with Crippen LogP contribution in [0.1, 0.15) is 31.5 Å². The van der Waals surface area contributed by atoms with Crippen LogP contribution < -0.4 is 0 Å². The molecule has 0 saturated carbocycles. The summed E-state index contributed by atoms with van der Waals surface area (Å²) in [5.41, 5.74) is 2.57. The molecular formula is C12H18N2O. The zero-order valence-corrected chi connectivity index (χ0v) is 9.66. The van der Waals surface area contributed by atoms with Crippen LogP contribution in [0.25, 0.3) is 0 Å². The van der Waals surface area contributed by atoms with Crippen LogP contribution >= 0.6 is 0 Å². The Balaban J connectivity index is 2.18. The zero-order valence-electron chi connectivity index (χ0n) is 9.66. The molecule has 0 amide bonds. The average Bonchev–Trinajstić information content (AvgIpc) is 2.59. The first-order chi connectivity index (χ1) is 7.09. The summed E-state index contributed by atoms with van der Waals surface area (Å²) in [7, 11) is 1.96. The summed E-state index contributed by atoms with van der Waals surface area (Å²) in [6.45, 7) is 3.97. The molecule has 1 aromatic heterocycles. The first-order valence-electron chi connectivity index (χ1n) is 5.63. The van der Waals surface area contributed by atoms with Gasteiger partial charge in [0.05, 0.1) is 6.20 Å². The van der Waals surface area contributed by atoms with Crippen LogP contribution in [-0.2, 0) is 24.7 Å². The number of hydrogen-bond donors (Lipinski definition) is 0. The van der Waals surface area contributed by atoms with Crippen molar-refractivity contribution in [1.82, 2.24) is 9.78 Å². The number of aryl methyl sites for hydroxylation is 2. The molecule has 1 unspecified atom stereocenters. The van der Waals surface area contributed by atoms with Gasteiger partial charge >= 0.3 is 0 Å². The molecule has 82 valence electrons. The third-order valence-corrected chi connectivity index (χ3v) is 3.32. The second-order valence-corrected chi connectivity index (χ2v) is 4.74. The molecule has 3 nitrogen and oxygen atoms in total. The lowest BCUT2D eigenvalue weighted by molar-refractivity contribution is -0.126. The molecule has 1 aliphatic carbocycles. The van der Waals surface area contributed by atoms with Gasteiger partial charge < -0.3 is 0 Å². The highest BCUT2D eigenvalue weighted by Gasteiger charge is 2.27. The van der Waals surface area contributed by atoms with Crippen LogP contribution in [0.3, 0.4) is 0 Å². The molecule has 1 aliphatic rings.